The molecule has 3 nitrogen and oxygen atoms in total. The largest absolute Gasteiger partial charge is 0.363 e. The van der Waals surface area contributed by atoms with Crippen molar-refractivity contribution in [3.8, 4) is 0 Å². The molecule has 0 spiro atoms. The zero-order chi connectivity index (χ0) is 6.43. The van der Waals surface area contributed by atoms with Crippen molar-refractivity contribution < 1.29 is 5.11 Å². The molecule has 3 heterocycles. The van der Waals surface area contributed by atoms with Crippen molar-refractivity contribution in [3.63, 3.8) is 0 Å². The SMILES string of the molecule is CC[C@@H]1SN2SN1[C@@H]2O. The lowest BCUT2D eigenvalue weighted by Gasteiger charge is -2.33. The van der Waals surface area contributed by atoms with Crippen LogP contribution in [0.3, 0.4) is 0 Å². The van der Waals surface area contributed by atoms with Crippen LogP contribution < -0.4 is 0 Å². The summed E-state index contributed by atoms with van der Waals surface area (Å²) in [6.07, 6.45) is 0.788. The molecule has 2 bridgehead atoms. The minimum Gasteiger partial charge on any atom is -0.363 e. The summed E-state index contributed by atoms with van der Waals surface area (Å²) in [6.45, 7) is 2.13. The number of hydrogen-bond acceptors (Lipinski definition) is 5. The summed E-state index contributed by atoms with van der Waals surface area (Å²) in [5, 5.41) is 9.66. The van der Waals surface area contributed by atoms with Gasteiger partial charge in [-0.2, -0.15) is 4.31 Å². The van der Waals surface area contributed by atoms with Gasteiger partial charge in [-0.1, -0.05) is 6.92 Å². The Kier molecular flexibility index (Phi) is 1.42. The van der Waals surface area contributed by atoms with Crippen LogP contribution in [0.5, 0.6) is 0 Å². The quantitative estimate of drug-likeness (QED) is 0.580. The Morgan fingerprint density at radius 3 is 2.67 bits per heavy atom. The van der Waals surface area contributed by atoms with E-state index >= 15 is 0 Å². The molecule has 0 aromatic rings. The van der Waals surface area contributed by atoms with E-state index in [0.29, 0.717) is 5.37 Å². The average molecular weight is 164 g/mol. The van der Waals surface area contributed by atoms with Gasteiger partial charge in [0, 0.05) is 12.1 Å². The van der Waals surface area contributed by atoms with Crippen molar-refractivity contribution in [2.75, 3.05) is 0 Å². The Morgan fingerprint density at radius 2 is 2.44 bits per heavy atom. The monoisotopic (exact) mass is 164 g/mol. The number of nitrogens with zero attached hydrogens (tertiary/aromatic N) is 2. The highest BCUT2D eigenvalue weighted by atomic mass is 32.2. The number of rotatable bonds is 1. The lowest BCUT2D eigenvalue weighted by atomic mass is 10.5. The molecule has 5 heteroatoms. The van der Waals surface area contributed by atoms with Crippen molar-refractivity contribution in [3.05, 3.63) is 0 Å². The summed E-state index contributed by atoms with van der Waals surface area (Å²) < 4.78 is 3.92. The van der Waals surface area contributed by atoms with Gasteiger partial charge in [0.1, 0.15) is 0 Å². The van der Waals surface area contributed by atoms with Crippen LogP contribution in [0.15, 0.2) is 0 Å². The molecule has 52 valence electrons. The van der Waals surface area contributed by atoms with Crippen LogP contribution in [0.1, 0.15) is 13.3 Å². The molecule has 3 fully saturated rings. The van der Waals surface area contributed by atoms with Crippen molar-refractivity contribution in [2.45, 2.75) is 25.1 Å². The van der Waals surface area contributed by atoms with Gasteiger partial charge >= 0.3 is 0 Å². The molecule has 0 aromatic carbocycles. The number of aliphatic hydroxyl groups is 1. The number of aliphatic hydroxyl groups excluding tert-OH is 1. The van der Waals surface area contributed by atoms with Crippen LogP contribution >= 0.6 is 24.1 Å². The van der Waals surface area contributed by atoms with E-state index in [4.69, 9.17) is 5.11 Å². The molecule has 3 rings (SSSR count). The Balaban J connectivity index is 2.03. The maximum absolute atomic E-state index is 9.16. The van der Waals surface area contributed by atoms with E-state index in [9.17, 15) is 0 Å². The normalized spacial score (nSPS) is 55.3. The molecular formula is C4H8N2OS2. The second kappa shape index (κ2) is 2.03. The fourth-order valence-electron chi connectivity index (χ4n) is 0.925. The fourth-order valence-corrected chi connectivity index (χ4v) is 3.37. The zero-order valence-corrected chi connectivity index (χ0v) is 6.65. The minimum atomic E-state index is -0.315. The number of fused-ring (bicyclic) bond motifs is 1. The maximum atomic E-state index is 9.16. The highest BCUT2D eigenvalue weighted by Gasteiger charge is 2.50. The lowest BCUT2D eigenvalue weighted by molar-refractivity contribution is -0.000237. The molecule has 3 aliphatic heterocycles. The standard InChI is InChI=1S/C4H8N2OS2/c1-2-3-5-4(7)6(8-3)9-5/h3-4,7H,2H2,1H3/t3-,4-/m0/s1. The van der Waals surface area contributed by atoms with Crippen molar-refractivity contribution in [1.82, 2.24) is 8.02 Å². The summed E-state index contributed by atoms with van der Waals surface area (Å²) in [5.41, 5.74) is 0. The van der Waals surface area contributed by atoms with Gasteiger partial charge in [-0.15, -0.1) is 3.71 Å². The summed E-state index contributed by atoms with van der Waals surface area (Å²) in [4.78, 5) is 0. The molecule has 9 heavy (non-hydrogen) atoms. The molecule has 0 aliphatic carbocycles. The van der Waals surface area contributed by atoms with Crippen LogP contribution in [0, 0.1) is 0 Å². The van der Waals surface area contributed by atoms with E-state index < -0.39 is 0 Å². The Morgan fingerprint density at radius 1 is 1.67 bits per heavy atom. The van der Waals surface area contributed by atoms with Crippen LogP contribution in [0.4, 0.5) is 0 Å². The lowest BCUT2D eigenvalue weighted by Crippen LogP contribution is -2.43. The van der Waals surface area contributed by atoms with Gasteiger partial charge < -0.3 is 5.11 Å². The molecule has 3 aliphatic rings. The first-order chi connectivity index (χ1) is 4.33. The predicted octanol–water partition coefficient (Wildman–Crippen LogP) is 0.841. The van der Waals surface area contributed by atoms with E-state index in [1.807, 2.05) is 8.02 Å². The highest BCUT2D eigenvalue weighted by molar-refractivity contribution is 8.15. The van der Waals surface area contributed by atoms with Crippen LogP contribution in [-0.2, 0) is 0 Å². The third kappa shape index (κ3) is 0.729. The molecule has 1 N–H and O–H groups in total. The molecule has 0 amide bonds. The van der Waals surface area contributed by atoms with Crippen LogP contribution in [-0.4, -0.2) is 24.8 Å². The van der Waals surface area contributed by atoms with E-state index in [0.717, 1.165) is 6.42 Å². The second-order valence-corrected chi connectivity index (χ2v) is 4.40. The van der Waals surface area contributed by atoms with Gasteiger partial charge in [0.25, 0.3) is 0 Å². The van der Waals surface area contributed by atoms with Crippen LogP contribution in [0.25, 0.3) is 0 Å². The summed E-state index contributed by atoms with van der Waals surface area (Å²) in [6, 6.07) is 0. The Hall–Kier alpha value is 0.580. The summed E-state index contributed by atoms with van der Waals surface area (Å²) >= 11 is 3.33. The van der Waals surface area contributed by atoms with Crippen LogP contribution in [0.2, 0.25) is 0 Å². The molecular weight excluding hydrogens is 156 g/mol. The third-order valence-corrected chi connectivity index (χ3v) is 4.22. The van der Waals surface area contributed by atoms with Gasteiger partial charge in [0.2, 0.25) is 0 Å². The smallest absolute Gasteiger partial charge is 0.196 e. The van der Waals surface area contributed by atoms with Gasteiger partial charge in [-0.25, -0.2) is 0 Å². The summed E-state index contributed by atoms with van der Waals surface area (Å²) in [5.74, 6) is 0. The Labute approximate surface area is 62.8 Å². The molecule has 0 radical (unpaired) electrons. The molecule has 0 saturated carbocycles. The topological polar surface area (TPSA) is 26.7 Å². The Bertz CT molecular complexity index is 134. The van der Waals surface area contributed by atoms with Gasteiger partial charge in [0.05, 0.1) is 5.37 Å². The third-order valence-electron chi connectivity index (χ3n) is 1.45. The minimum absolute atomic E-state index is 0.315. The molecule has 0 aromatic heterocycles. The zero-order valence-electron chi connectivity index (χ0n) is 5.02. The summed E-state index contributed by atoms with van der Waals surface area (Å²) in [7, 11) is 0. The van der Waals surface area contributed by atoms with Crippen molar-refractivity contribution in [2.24, 2.45) is 0 Å². The van der Waals surface area contributed by atoms with Crippen molar-refractivity contribution >= 4 is 24.1 Å². The van der Waals surface area contributed by atoms with Gasteiger partial charge in [0.15, 0.2) is 6.35 Å². The molecule has 2 unspecified atom stereocenters. The molecule has 3 saturated heterocycles. The molecule has 4 atom stereocenters. The first-order valence-corrected chi connectivity index (χ1v) is 4.50. The number of hydrogen-bond donors (Lipinski definition) is 1. The average Bonchev–Trinajstić information content (AvgIpc) is 2.40. The maximum Gasteiger partial charge on any atom is 0.196 e. The van der Waals surface area contributed by atoms with E-state index in [1.54, 1.807) is 24.1 Å². The fraction of sp³-hybridized carbons (Fsp3) is 1.00. The predicted molar refractivity (Wildman–Crippen MR) is 38.9 cm³/mol. The van der Waals surface area contributed by atoms with E-state index in [2.05, 4.69) is 6.92 Å². The first-order valence-electron chi connectivity index (χ1n) is 2.93. The van der Waals surface area contributed by atoms with Crippen molar-refractivity contribution in [1.29, 1.82) is 0 Å². The second-order valence-electron chi connectivity index (χ2n) is 2.04. The van der Waals surface area contributed by atoms with Gasteiger partial charge in [-0.05, 0) is 18.4 Å². The van der Waals surface area contributed by atoms with E-state index in [1.165, 1.54) is 0 Å². The van der Waals surface area contributed by atoms with E-state index in [-0.39, 0.29) is 6.35 Å². The van der Waals surface area contributed by atoms with Gasteiger partial charge in [-0.3, -0.25) is 0 Å². The first kappa shape index (κ1) is 6.30. The highest BCUT2D eigenvalue weighted by Crippen LogP contribution is 2.54.